The number of hydrogen-bond donors (Lipinski definition) is 1. The molecule has 4 heteroatoms. The van der Waals surface area contributed by atoms with E-state index < -0.39 is 11.7 Å². The van der Waals surface area contributed by atoms with Gasteiger partial charge in [-0.2, -0.15) is 13.2 Å². The van der Waals surface area contributed by atoms with Gasteiger partial charge in [0.1, 0.15) is 0 Å². The van der Waals surface area contributed by atoms with Gasteiger partial charge in [0.15, 0.2) is 0 Å². The first-order valence-corrected chi connectivity index (χ1v) is 3.67. The van der Waals surface area contributed by atoms with Crippen molar-refractivity contribution >= 4 is 0 Å². The molecule has 0 heterocycles. The lowest BCUT2D eigenvalue weighted by Crippen LogP contribution is -2.19. The third-order valence-electron chi connectivity index (χ3n) is 1.70. The molecule has 0 radical (unpaired) electrons. The lowest BCUT2D eigenvalue weighted by molar-refractivity contribution is -0.0892. The Morgan fingerprint density at radius 1 is 1.42 bits per heavy atom. The molecule has 68 valence electrons. The molecule has 0 unspecified atom stereocenters. The number of alkyl halides is 3. The van der Waals surface area contributed by atoms with Crippen LogP contribution in [0.25, 0.3) is 0 Å². The van der Waals surface area contributed by atoms with Gasteiger partial charge >= 0.3 is 6.18 Å². The van der Waals surface area contributed by atoms with Crippen LogP contribution in [0.15, 0.2) is 23.3 Å². The number of rotatable bonds is 2. The largest absolute Gasteiger partial charge is 0.416 e. The fourth-order valence-electron chi connectivity index (χ4n) is 1.22. The molecule has 0 saturated heterocycles. The SMILES string of the molecule is CNCC1=CCC=C1C(F)(F)F. The molecule has 0 aliphatic heterocycles. The van der Waals surface area contributed by atoms with Crippen LogP contribution in [-0.2, 0) is 0 Å². The Balaban J connectivity index is 2.73. The highest BCUT2D eigenvalue weighted by atomic mass is 19.4. The number of hydrogen-bond acceptors (Lipinski definition) is 1. The van der Waals surface area contributed by atoms with Crippen LogP contribution in [0.1, 0.15) is 6.42 Å². The summed E-state index contributed by atoms with van der Waals surface area (Å²) in [4.78, 5) is 0. The monoisotopic (exact) mass is 177 g/mol. The highest BCUT2D eigenvalue weighted by Crippen LogP contribution is 2.34. The summed E-state index contributed by atoms with van der Waals surface area (Å²) in [5.41, 5.74) is -0.137. The van der Waals surface area contributed by atoms with Gasteiger partial charge in [0.2, 0.25) is 0 Å². The highest BCUT2D eigenvalue weighted by Gasteiger charge is 2.36. The van der Waals surface area contributed by atoms with E-state index >= 15 is 0 Å². The van der Waals surface area contributed by atoms with Crippen LogP contribution in [0, 0.1) is 0 Å². The first-order chi connectivity index (χ1) is 5.55. The summed E-state index contributed by atoms with van der Waals surface area (Å²) < 4.78 is 36.6. The molecule has 0 spiro atoms. The maximum atomic E-state index is 12.2. The lowest BCUT2D eigenvalue weighted by atomic mass is 10.1. The molecule has 0 saturated carbocycles. The van der Waals surface area contributed by atoms with Gasteiger partial charge in [0.05, 0.1) is 5.57 Å². The highest BCUT2D eigenvalue weighted by molar-refractivity contribution is 5.41. The van der Waals surface area contributed by atoms with Crippen molar-refractivity contribution in [2.24, 2.45) is 0 Å². The van der Waals surface area contributed by atoms with E-state index in [1.54, 1.807) is 13.1 Å². The van der Waals surface area contributed by atoms with Crippen LogP contribution in [0.3, 0.4) is 0 Å². The molecule has 0 aromatic rings. The van der Waals surface area contributed by atoms with Gasteiger partial charge in [-0.25, -0.2) is 0 Å². The van der Waals surface area contributed by atoms with Crippen LogP contribution < -0.4 is 5.32 Å². The summed E-state index contributed by atoms with van der Waals surface area (Å²) in [5, 5.41) is 2.70. The number of likely N-dealkylation sites (N-methyl/N-ethyl adjacent to an activating group) is 1. The summed E-state index contributed by atoms with van der Waals surface area (Å²) in [6.07, 6.45) is -0.989. The average molecular weight is 177 g/mol. The zero-order chi connectivity index (χ0) is 9.19. The van der Waals surface area contributed by atoms with Crippen molar-refractivity contribution in [1.29, 1.82) is 0 Å². The molecular weight excluding hydrogens is 167 g/mol. The Morgan fingerprint density at radius 2 is 2.08 bits per heavy atom. The molecular formula is C8H10F3N. The molecule has 1 aliphatic carbocycles. The van der Waals surface area contributed by atoms with E-state index in [0.717, 1.165) is 0 Å². The van der Waals surface area contributed by atoms with Gasteiger partial charge in [0, 0.05) is 6.54 Å². The molecule has 0 bridgehead atoms. The maximum Gasteiger partial charge on any atom is 0.416 e. The third-order valence-corrected chi connectivity index (χ3v) is 1.70. The molecule has 1 N–H and O–H groups in total. The molecule has 0 aromatic carbocycles. The Kier molecular flexibility index (Phi) is 2.57. The maximum absolute atomic E-state index is 12.2. The van der Waals surface area contributed by atoms with Gasteiger partial charge in [-0.3, -0.25) is 0 Å². The van der Waals surface area contributed by atoms with Crippen LogP contribution >= 0.6 is 0 Å². The van der Waals surface area contributed by atoms with E-state index in [0.29, 0.717) is 12.0 Å². The molecule has 0 fully saturated rings. The Bertz CT molecular complexity index is 225. The molecule has 1 aliphatic rings. The summed E-state index contributed by atoms with van der Waals surface area (Å²) in [5.74, 6) is 0. The van der Waals surface area contributed by atoms with Crippen molar-refractivity contribution in [3.8, 4) is 0 Å². The number of nitrogens with one attached hydrogen (secondary N) is 1. The predicted octanol–water partition coefficient (Wildman–Crippen LogP) is 2.02. The van der Waals surface area contributed by atoms with Gasteiger partial charge in [-0.15, -0.1) is 0 Å². The van der Waals surface area contributed by atoms with Crippen molar-refractivity contribution in [3.63, 3.8) is 0 Å². The summed E-state index contributed by atoms with van der Waals surface area (Å²) in [6, 6.07) is 0. The van der Waals surface area contributed by atoms with Crippen molar-refractivity contribution in [1.82, 2.24) is 5.32 Å². The number of allylic oxidation sites excluding steroid dienone is 2. The van der Waals surface area contributed by atoms with Crippen LogP contribution in [0.5, 0.6) is 0 Å². The van der Waals surface area contributed by atoms with E-state index in [1.807, 2.05) is 0 Å². The molecule has 0 atom stereocenters. The van der Waals surface area contributed by atoms with Gasteiger partial charge < -0.3 is 5.32 Å². The Hall–Kier alpha value is -0.770. The topological polar surface area (TPSA) is 12.0 Å². The predicted molar refractivity (Wildman–Crippen MR) is 40.8 cm³/mol. The minimum atomic E-state index is -4.20. The smallest absolute Gasteiger partial charge is 0.316 e. The first kappa shape index (κ1) is 9.32. The van der Waals surface area contributed by atoms with Crippen molar-refractivity contribution in [2.45, 2.75) is 12.6 Å². The second kappa shape index (κ2) is 3.31. The van der Waals surface area contributed by atoms with E-state index in [4.69, 9.17) is 0 Å². The second-order valence-corrected chi connectivity index (χ2v) is 2.61. The zero-order valence-electron chi connectivity index (χ0n) is 6.70. The summed E-state index contributed by atoms with van der Waals surface area (Å²) in [6.45, 7) is 0.283. The average Bonchev–Trinajstić information content (AvgIpc) is 2.34. The molecule has 1 rings (SSSR count). The van der Waals surface area contributed by atoms with Crippen LogP contribution in [-0.4, -0.2) is 19.8 Å². The lowest BCUT2D eigenvalue weighted by Gasteiger charge is -2.11. The quantitative estimate of drug-likeness (QED) is 0.680. The van der Waals surface area contributed by atoms with Crippen LogP contribution in [0.4, 0.5) is 13.2 Å². The molecule has 12 heavy (non-hydrogen) atoms. The van der Waals surface area contributed by atoms with Gasteiger partial charge in [-0.1, -0.05) is 12.2 Å². The van der Waals surface area contributed by atoms with Crippen molar-refractivity contribution in [2.75, 3.05) is 13.6 Å². The zero-order valence-corrected chi connectivity index (χ0v) is 6.70. The van der Waals surface area contributed by atoms with Crippen LogP contribution in [0.2, 0.25) is 0 Å². The van der Waals surface area contributed by atoms with Crippen molar-refractivity contribution in [3.05, 3.63) is 23.3 Å². The van der Waals surface area contributed by atoms with E-state index in [1.165, 1.54) is 6.08 Å². The summed E-state index contributed by atoms with van der Waals surface area (Å²) >= 11 is 0. The van der Waals surface area contributed by atoms with Crippen molar-refractivity contribution < 1.29 is 13.2 Å². The van der Waals surface area contributed by atoms with E-state index in [9.17, 15) is 13.2 Å². The third kappa shape index (κ3) is 1.88. The normalized spacial score (nSPS) is 17.7. The van der Waals surface area contributed by atoms with E-state index in [2.05, 4.69) is 5.32 Å². The fourth-order valence-corrected chi connectivity index (χ4v) is 1.22. The molecule has 1 nitrogen and oxygen atoms in total. The molecule has 0 aromatic heterocycles. The minimum Gasteiger partial charge on any atom is -0.316 e. The Labute approximate surface area is 69.0 Å². The molecule has 0 amide bonds. The Morgan fingerprint density at radius 3 is 2.58 bits per heavy atom. The minimum absolute atomic E-state index is 0.283. The van der Waals surface area contributed by atoms with Gasteiger partial charge in [-0.05, 0) is 19.0 Å². The van der Waals surface area contributed by atoms with E-state index in [-0.39, 0.29) is 6.54 Å². The number of halogens is 3. The second-order valence-electron chi connectivity index (χ2n) is 2.61. The fraction of sp³-hybridized carbons (Fsp3) is 0.500. The summed E-state index contributed by atoms with van der Waals surface area (Å²) in [7, 11) is 1.63. The standard InChI is InChI=1S/C8H10F3N/c1-12-5-6-3-2-4-7(6)8(9,10)11/h3-4,12H,2,5H2,1H3. The van der Waals surface area contributed by atoms with Gasteiger partial charge in [0.25, 0.3) is 0 Å². The first-order valence-electron chi connectivity index (χ1n) is 3.67.